The number of anilines is 2. The Morgan fingerprint density at radius 2 is 1.90 bits per heavy atom. The van der Waals surface area contributed by atoms with E-state index in [9.17, 15) is 4.79 Å². The van der Waals surface area contributed by atoms with Crippen molar-refractivity contribution in [3.8, 4) is 0 Å². The van der Waals surface area contributed by atoms with Crippen molar-refractivity contribution in [1.82, 2.24) is 10.3 Å². The Morgan fingerprint density at radius 3 is 2.71 bits per heavy atom. The monoisotopic (exact) mass is 432 g/mol. The SMILES string of the molecule is O=C(NCc1cccnc1)[C@H]1Cc2ccccc2N2CCN(c3ccc(Cl)cc3)C[C@H]12. The van der Waals surface area contributed by atoms with Crippen molar-refractivity contribution < 1.29 is 4.79 Å². The van der Waals surface area contributed by atoms with Crippen molar-refractivity contribution >= 4 is 28.9 Å². The summed E-state index contributed by atoms with van der Waals surface area (Å²) in [4.78, 5) is 22.3. The number of aromatic nitrogens is 1. The summed E-state index contributed by atoms with van der Waals surface area (Å²) in [5.41, 5.74) is 4.67. The van der Waals surface area contributed by atoms with E-state index in [0.717, 1.165) is 42.3 Å². The van der Waals surface area contributed by atoms with Gasteiger partial charge in [-0.2, -0.15) is 0 Å². The number of pyridine rings is 1. The van der Waals surface area contributed by atoms with Crippen LogP contribution in [-0.4, -0.2) is 36.6 Å². The van der Waals surface area contributed by atoms with E-state index in [2.05, 4.69) is 56.5 Å². The van der Waals surface area contributed by atoms with Crippen LogP contribution in [0.1, 0.15) is 11.1 Å². The number of benzene rings is 2. The molecule has 1 saturated heterocycles. The molecule has 1 amide bonds. The number of amides is 1. The Morgan fingerprint density at radius 1 is 1.06 bits per heavy atom. The fraction of sp³-hybridized carbons (Fsp3) is 0.280. The predicted molar refractivity (Wildman–Crippen MR) is 125 cm³/mol. The van der Waals surface area contributed by atoms with Crippen LogP contribution in [-0.2, 0) is 17.8 Å². The van der Waals surface area contributed by atoms with Crippen LogP contribution in [0.15, 0.2) is 73.1 Å². The molecule has 5 nitrogen and oxygen atoms in total. The van der Waals surface area contributed by atoms with Crippen LogP contribution < -0.4 is 15.1 Å². The van der Waals surface area contributed by atoms with Crippen LogP contribution in [0.4, 0.5) is 11.4 Å². The number of carbonyl (C=O) groups is 1. The molecule has 1 aromatic heterocycles. The highest BCUT2D eigenvalue weighted by molar-refractivity contribution is 6.30. The van der Waals surface area contributed by atoms with Crippen LogP contribution in [0.3, 0.4) is 0 Å². The Bertz CT molecular complexity index is 1060. The summed E-state index contributed by atoms with van der Waals surface area (Å²) in [5.74, 6) is -0.00650. The summed E-state index contributed by atoms with van der Waals surface area (Å²) >= 11 is 6.08. The van der Waals surface area contributed by atoms with Crippen molar-refractivity contribution in [1.29, 1.82) is 0 Å². The number of rotatable bonds is 4. The molecule has 2 atom stereocenters. The van der Waals surface area contributed by atoms with E-state index >= 15 is 0 Å². The van der Waals surface area contributed by atoms with Gasteiger partial charge in [-0.3, -0.25) is 9.78 Å². The van der Waals surface area contributed by atoms with Gasteiger partial charge in [-0.05, 0) is 53.9 Å². The third-order valence-corrected chi connectivity index (χ3v) is 6.59. The van der Waals surface area contributed by atoms with Crippen LogP contribution in [0.5, 0.6) is 0 Å². The second-order valence-electron chi connectivity index (χ2n) is 8.20. The van der Waals surface area contributed by atoms with Gasteiger partial charge in [0.15, 0.2) is 0 Å². The topological polar surface area (TPSA) is 48.5 Å². The fourth-order valence-corrected chi connectivity index (χ4v) is 4.89. The van der Waals surface area contributed by atoms with Gasteiger partial charge in [-0.25, -0.2) is 0 Å². The third-order valence-electron chi connectivity index (χ3n) is 6.34. The van der Waals surface area contributed by atoms with Crippen LogP contribution in [0.2, 0.25) is 5.02 Å². The molecule has 6 heteroatoms. The molecule has 3 aromatic rings. The average molecular weight is 433 g/mol. The zero-order valence-electron chi connectivity index (χ0n) is 17.2. The Balaban J connectivity index is 1.39. The van der Waals surface area contributed by atoms with Crippen molar-refractivity contribution in [3.05, 3.63) is 89.2 Å². The van der Waals surface area contributed by atoms with E-state index in [0.29, 0.717) is 6.54 Å². The molecule has 0 aliphatic carbocycles. The molecular weight excluding hydrogens is 408 g/mol. The highest BCUT2D eigenvalue weighted by Gasteiger charge is 2.41. The lowest BCUT2D eigenvalue weighted by molar-refractivity contribution is -0.126. The van der Waals surface area contributed by atoms with Gasteiger partial charge in [-0.1, -0.05) is 35.9 Å². The van der Waals surface area contributed by atoms with E-state index in [1.54, 1.807) is 12.4 Å². The molecule has 2 aliphatic rings. The van der Waals surface area contributed by atoms with E-state index < -0.39 is 0 Å². The molecule has 1 fully saturated rings. The molecule has 0 saturated carbocycles. The maximum absolute atomic E-state index is 13.3. The highest BCUT2D eigenvalue weighted by atomic mass is 35.5. The average Bonchev–Trinajstić information content (AvgIpc) is 2.83. The van der Waals surface area contributed by atoms with Crippen LogP contribution >= 0.6 is 11.6 Å². The second-order valence-corrected chi connectivity index (χ2v) is 8.64. The minimum Gasteiger partial charge on any atom is -0.368 e. The van der Waals surface area contributed by atoms with Gasteiger partial charge in [0.25, 0.3) is 0 Å². The number of hydrogen-bond donors (Lipinski definition) is 1. The normalized spacial score (nSPS) is 20.0. The number of hydrogen-bond acceptors (Lipinski definition) is 4. The first-order valence-electron chi connectivity index (χ1n) is 10.7. The van der Waals surface area contributed by atoms with Crippen molar-refractivity contribution in [2.75, 3.05) is 29.4 Å². The van der Waals surface area contributed by atoms with Gasteiger partial charge in [0, 0.05) is 55.0 Å². The molecule has 3 heterocycles. The third kappa shape index (κ3) is 4.10. The summed E-state index contributed by atoms with van der Waals surface area (Å²) in [5, 5.41) is 3.89. The Kier molecular flexibility index (Phi) is 5.51. The molecular formula is C25H25ClN4O. The number of piperazine rings is 1. The van der Waals surface area contributed by atoms with Crippen LogP contribution in [0, 0.1) is 5.92 Å². The highest BCUT2D eigenvalue weighted by Crippen LogP contribution is 2.37. The summed E-state index contributed by atoms with van der Waals surface area (Å²) in [6, 6.07) is 20.5. The Hall–Kier alpha value is -3.05. The first-order chi connectivity index (χ1) is 15.2. The minimum absolute atomic E-state index is 0.103. The molecule has 0 spiro atoms. The number of nitrogens with zero attached hydrogens (tertiary/aromatic N) is 3. The van der Waals surface area contributed by atoms with Gasteiger partial charge >= 0.3 is 0 Å². The smallest absolute Gasteiger partial charge is 0.225 e. The van der Waals surface area contributed by atoms with E-state index in [4.69, 9.17) is 11.6 Å². The molecule has 0 radical (unpaired) electrons. The first-order valence-corrected chi connectivity index (χ1v) is 11.1. The Labute approximate surface area is 187 Å². The minimum atomic E-state index is -0.110. The molecule has 0 unspecified atom stereocenters. The zero-order chi connectivity index (χ0) is 21.2. The lowest BCUT2D eigenvalue weighted by Crippen LogP contribution is -2.61. The summed E-state index contributed by atoms with van der Waals surface area (Å²) in [6.07, 6.45) is 4.30. The van der Waals surface area contributed by atoms with Gasteiger partial charge in [-0.15, -0.1) is 0 Å². The number of halogens is 1. The predicted octanol–water partition coefficient (Wildman–Crippen LogP) is 3.92. The molecule has 2 aliphatic heterocycles. The lowest BCUT2D eigenvalue weighted by Gasteiger charge is -2.49. The standard InChI is InChI=1S/C25H25ClN4O/c26-20-7-9-21(10-8-20)29-12-13-30-23-6-2-1-5-19(23)14-22(24(30)17-29)25(31)28-16-18-4-3-11-27-15-18/h1-11,15,22,24H,12-14,16-17H2,(H,28,31)/t22-,24+/m0/s1. The van der Waals surface area contributed by atoms with Crippen molar-refractivity contribution in [2.45, 2.75) is 19.0 Å². The molecule has 158 valence electrons. The molecule has 0 bridgehead atoms. The molecule has 2 aromatic carbocycles. The molecule has 1 N–H and O–H groups in total. The van der Waals surface area contributed by atoms with Gasteiger partial charge in [0.05, 0.1) is 12.0 Å². The van der Waals surface area contributed by atoms with Crippen LogP contribution in [0.25, 0.3) is 0 Å². The van der Waals surface area contributed by atoms with E-state index in [1.807, 2.05) is 24.3 Å². The molecule has 5 rings (SSSR count). The maximum Gasteiger partial charge on any atom is 0.225 e. The van der Waals surface area contributed by atoms with Crippen molar-refractivity contribution in [3.63, 3.8) is 0 Å². The zero-order valence-corrected chi connectivity index (χ0v) is 18.0. The summed E-state index contributed by atoms with van der Waals surface area (Å²) in [7, 11) is 0. The van der Waals surface area contributed by atoms with E-state index in [1.165, 1.54) is 11.3 Å². The first kappa shape index (κ1) is 19.9. The number of carbonyl (C=O) groups excluding carboxylic acids is 1. The number of nitrogens with one attached hydrogen (secondary N) is 1. The fourth-order valence-electron chi connectivity index (χ4n) is 4.77. The summed E-state index contributed by atoms with van der Waals surface area (Å²) in [6.45, 7) is 3.10. The largest absolute Gasteiger partial charge is 0.368 e. The second kappa shape index (κ2) is 8.60. The van der Waals surface area contributed by atoms with Gasteiger partial charge < -0.3 is 15.1 Å². The number of para-hydroxylation sites is 1. The lowest BCUT2D eigenvalue weighted by atomic mass is 9.83. The van der Waals surface area contributed by atoms with Gasteiger partial charge in [0.2, 0.25) is 5.91 Å². The quantitative estimate of drug-likeness (QED) is 0.678. The number of fused-ring (bicyclic) bond motifs is 3. The van der Waals surface area contributed by atoms with E-state index in [-0.39, 0.29) is 17.9 Å². The molecule has 31 heavy (non-hydrogen) atoms. The summed E-state index contributed by atoms with van der Waals surface area (Å²) < 4.78 is 0. The maximum atomic E-state index is 13.3. The van der Waals surface area contributed by atoms with Crippen molar-refractivity contribution in [2.24, 2.45) is 5.92 Å². The van der Waals surface area contributed by atoms with Gasteiger partial charge in [0.1, 0.15) is 0 Å².